The van der Waals surface area contributed by atoms with Crippen LogP contribution in [0.15, 0.2) is 18.2 Å². The lowest BCUT2D eigenvalue weighted by Crippen LogP contribution is -2.49. The molecule has 1 aromatic rings. The van der Waals surface area contributed by atoms with E-state index in [0.717, 1.165) is 12.1 Å². The lowest BCUT2D eigenvalue weighted by molar-refractivity contribution is 0.130. The van der Waals surface area contributed by atoms with Gasteiger partial charge >= 0.3 is 6.09 Å². The van der Waals surface area contributed by atoms with Crippen molar-refractivity contribution >= 4 is 11.8 Å². The Morgan fingerprint density at radius 1 is 1.28 bits per heavy atom. The smallest absolute Gasteiger partial charge is 0.414 e. The normalized spacial score (nSPS) is 21.9. The predicted molar refractivity (Wildman–Crippen MR) is 63.9 cm³/mol. The topological polar surface area (TPSA) is 74.0 Å². The summed E-state index contributed by atoms with van der Waals surface area (Å²) >= 11 is 0. The molecule has 6 nitrogen and oxygen atoms in total. The van der Waals surface area contributed by atoms with E-state index in [1.807, 2.05) is 6.07 Å². The summed E-state index contributed by atoms with van der Waals surface area (Å²) in [6.07, 6.45) is 0.368. The van der Waals surface area contributed by atoms with E-state index in [1.54, 1.807) is 17.0 Å². The molecule has 2 aliphatic heterocycles. The highest BCUT2D eigenvalue weighted by atomic mass is 16.7. The van der Waals surface area contributed by atoms with Crippen LogP contribution in [0.5, 0.6) is 11.5 Å². The average molecular weight is 250 g/mol. The van der Waals surface area contributed by atoms with E-state index in [4.69, 9.17) is 19.9 Å². The molecule has 0 bridgehead atoms. The quantitative estimate of drug-likeness (QED) is 0.850. The molecule has 0 radical (unpaired) electrons. The van der Waals surface area contributed by atoms with E-state index >= 15 is 0 Å². The molecule has 0 aliphatic carbocycles. The first kappa shape index (κ1) is 11.2. The summed E-state index contributed by atoms with van der Waals surface area (Å²) in [7, 11) is 0. The molecule has 1 unspecified atom stereocenters. The highest BCUT2D eigenvalue weighted by Crippen LogP contribution is 2.36. The molecular formula is C12H14N2O4. The molecule has 1 saturated heterocycles. The maximum atomic E-state index is 11.8. The van der Waals surface area contributed by atoms with Crippen LogP contribution < -0.4 is 20.1 Å². The van der Waals surface area contributed by atoms with Crippen LogP contribution in [-0.2, 0) is 4.74 Å². The number of hydrogen-bond acceptors (Lipinski definition) is 5. The maximum Gasteiger partial charge on any atom is 0.414 e. The third-order valence-electron chi connectivity index (χ3n) is 3.14. The predicted octanol–water partition coefficient (Wildman–Crippen LogP) is 1.09. The SMILES string of the molecule is NCC1CCOC(=O)N1c1ccc2c(c1)OCO2. The number of amides is 1. The van der Waals surface area contributed by atoms with Crippen molar-refractivity contribution in [2.24, 2.45) is 5.73 Å². The molecule has 1 atom stereocenters. The summed E-state index contributed by atoms with van der Waals surface area (Å²) in [5.74, 6) is 1.33. The molecule has 1 fully saturated rings. The maximum absolute atomic E-state index is 11.8. The number of rotatable bonds is 2. The molecule has 96 valence electrons. The van der Waals surface area contributed by atoms with Gasteiger partial charge in [-0.25, -0.2) is 4.79 Å². The minimum absolute atomic E-state index is 0.0355. The van der Waals surface area contributed by atoms with E-state index in [-0.39, 0.29) is 18.9 Å². The van der Waals surface area contributed by atoms with Gasteiger partial charge in [0, 0.05) is 19.0 Å². The molecular weight excluding hydrogens is 236 g/mol. The molecule has 6 heteroatoms. The zero-order valence-corrected chi connectivity index (χ0v) is 9.80. The van der Waals surface area contributed by atoms with Crippen molar-refractivity contribution in [3.8, 4) is 11.5 Å². The van der Waals surface area contributed by atoms with E-state index in [1.165, 1.54) is 0 Å². The molecule has 1 aromatic carbocycles. The Kier molecular flexibility index (Phi) is 2.71. The molecule has 0 spiro atoms. The Bertz CT molecular complexity index is 477. The van der Waals surface area contributed by atoms with Gasteiger partial charge in [-0.2, -0.15) is 0 Å². The Morgan fingerprint density at radius 3 is 2.94 bits per heavy atom. The largest absolute Gasteiger partial charge is 0.454 e. The van der Waals surface area contributed by atoms with Crippen molar-refractivity contribution in [3.63, 3.8) is 0 Å². The van der Waals surface area contributed by atoms with Crippen molar-refractivity contribution in [1.29, 1.82) is 0 Å². The highest BCUT2D eigenvalue weighted by molar-refractivity contribution is 5.89. The number of carbonyl (C=O) groups is 1. The van der Waals surface area contributed by atoms with Crippen molar-refractivity contribution in [1.82, 2.24) is 0 Å². The third-order valence-corrected chi connectivity index (χ3v) is 3.14. The first-order valence-electron chi connectivity index (χ1n) is 5.85. The number of carbonyl (C=O) groups excluding carboxylic acids is 1. The van der Waals surface area contributed by atoms with Crippen LogP contribution in [0.1, 0.15) is 6.42 Å². The summed E-state index contributed by atoms with van der Waals surface area (Å²) in [6, 6.07) is 5.33. The Morgan fingerprint density at radius 2 is 2.11 bits per heavy atom. The van der Waals surface area contributed by atoms with Gasteiger partial charge in [0.2, 0.25) is 6.79 Å². The van der Waals surface area contributed by atoms with Crippen LogP contribution in [0.4, 0.5) is 10.5 Å². The van der Waals surface area contributed by atoms with Gasteiger partial charge in [0.15, 0.2) is 11.5 Å². The number of benzene rings is 1. The second-order valence-electron chi connectivity index (χ2n) is 4.20. The Balaban J connectivity index is 1.94. The fourth-order valence-corrected chi connectivity index (χ4v) is 2.20. The minimum Gasteiger partial charge on any atom is -0.454 e. The van der Waals surface area contributed by atoms with Crippen LogP contribution in [0.25, 0.3) is 0 Å². The van der Waals surface area contributed by atoms with Gasteiger partial charge in [0.05, 0.1) is 18.3 Å². The van der Waals surface area contributed by atoms with Gasteiger partial charge in [-0.3, -0.25) is 4.90 Å². The number of cyclic esters (lactones) is 1. The summed E-state index contributed by atoms with van der Waals surface area (Å²) in [5.41, 5.74) is 6.42. The zero-order chi connectivity index (χ0) is 12.5. The van der Waals surface area contributed by atoms with Crippen molar-refractivity contribution in [2.45, 2.75) is 12.5 Å². The van der Waals surface area contributed by atoms with Crippen molar-refractivity contribution < 1.29 is 19.0 Å². The first-order valence-corrected chi connectivity index (χ1v) is 5.85. The second-order valence-corrected chi connectivity index (χ2v) is 4.20. The van der Waals surface area contributed by atoms with E-state index in [9.17, 15) is 4.79 Å². The monoisotopic (exact) mass is 250 g/mol. The molecule has 18 heavy (non-hydrogen) atoms. The molecule has 2 heterocycles. The van der Waals surface area contributed by atoms with Crippen LogP contribution >= 0.6 is 0 Å². The number of fused-ring (bicyclic) bond motifs is 1. The number of ether oxygens (including phenoxy) is 3. The summed E-state index contributed by atoms with van der Waals surface area (Å²) < 4.78 is 15.6. The van der Waals surface area contributed by atoms with Gasteiger partial charge in [0.25, 0.3) is 0 Å². The Hall–Kier alpha value is -1.95. The minimum atomic E-state index is -0.365. The fourth-order valence-electron chi connectivity index (χ4n) is 2.20. The highest BCUT2D eigenvalue weighted by Gasteiger charge is 2.31. The standard InChI is InChI=1S/C12H14N2O4/c13-6-9-3-4-16-12(15)14(9)8-1-2-10-11(5-8)18-7-17-10/h1-2,5,9H,3-4,6-7,13H2. The first-order chi connectivity index (χ1) is 8.79. The number of nitrogens with zero attached hydrogens (tertiary/aromatic N) is 1. The van der Waals surface area contributed by atoms with Crippen LogP contribution in [0, 0.1) is 0 Å². The second kappa shape index (κ2) is 4.38. The summed E-state index contributed by atoms with van der Waals surface area (Å²) in [4.78, 5) is 13.4. The van der Waals surface area contributed by atoms with Gasteiger partial charge in [-0.1, -0.05) is 0 Å². The van der Waals surface area contributed by atoms with Gasteiger partial charge in [-0.05, 0) is 12.1 Å². The molecule has 0 saturated carbocycles. The number of hydrogen-bond donors (Lipinski definition) is 1. The van der Waals surface area contributed by atoms with Gasteiger partial charge < -0.3 is 19.9 Å². The van der Waals surface area contributed by atoms with Crippen LogP contribution in [0.2, 0.25) is 0 Å². The van der Waals surface area contributed by atoms with Gasteiger partial charge in [0.1, 0.15) is 0 Å². The lowest BCUT2D eigenvalue weighted by Gasteiger charge is -2.34. The Labute approximate surface area is 104 Å². The van der Waals surface area contributed by atoms with E-state index in [0.29, 0.717) is 24.7 Å². The lowest BCUT2D eigenvalue weighted by atomic mass is 10.1. The molecule has 2 aliphatic rings. The fraction of sp³-hybridized carbons (Fsp3) is 0.417. The summed E-state index contributed by atoms with van der Waals surface area (Å²) in [6.45, 7) is 1.04. The summed E-state index contributed by atoms with van der Waals surface area (Å²) in [5, 5.41) is 0. The van der Waals surface area contributed by atoms with E-state index < -0.39 is 0 Å². The average Bonchev–Trinajstić information content (AvgIpc) is 2.85. The molecule has 1 amide bonds. The molecule has 0 aromatic heterocycles. The van der Waals surface area contributed by atoms with Crippen LogP contribution in [0.3, 0.4) is 0 Å². The van der Waals surface area contributed by atoms with Crippen molar-refractivity contribution in [2.75, 3.05) is 24.8 Å². The van der Waals surface area contributed by atoms with Crippen molar-refractivity contribution in [3.05, 3.63) is 18.2 Å². The zero-order valence-electron chi connectivity index (χ0n) is 9.80. The van der Waals surface area contributed by atoms with E-state index in [2.05, 4.69) is 0 Å². The number of nitrogens with two attached hydrogens (primary N) is 1. The van der Waals surface area contributed by atoms with Gasteiger partial charge in [-0.15, -0.1) is 0 Å². The number of anilines is 1. The third kappa shape index (κ3) is 1.74. The van der Waals surface area contributed by atoms with Crippen LogP contribution in [-0.4, -0.2) is 32.1 Å². The molecule has 3 rings (SSSR count). The molecule has 2 N–H and O–H groups in total.